The number of rotatable bonds is 4. The van der Waals surface area contributed by atoms with Crippen LogP contribution in [0.15, 0.2) is 24.4 Å². The summed E-state index contributed by atoms with van der Waals surface area (Å²) in [6.07, 6.45) is 4.42. The number of benzene rings is 1. The second-order valence-corrected chi connectivity index (χ2v) is 8.23. The van der Waals surface area contributed by atoms with Crippen LogP contribution < -0.4 is 5.73 Å². The maximum Gasteiger partial charge on any atom is 0.306 e. The summed E-state index contributed by atoms with van der Waals surface area (Å²) in [4.78, 5) is 16.6. The number of thiazole rings is 1. The first-order valence-electron chi connectivity index (χ1n) is 8.56. The number of hydrogen-bond acceptors (Lipinski definition) is 5. The van der Waals surface area contributed by atoms with E-state index in [0.717, 1.165) is 16.0 Å². The van der Waals surface area contributed by atoms with Crippen molar-refractivity contribution >= 4 is 23.0 Å². The lowest BCUT2D eigenvalue weighted by Crippen LogP contribution is -2.35. The first kappa shape index (κ1) is 17.9. The maximum absolute atomic E-state index is 11.1. The molecule has 134 valence electrons. The predicted octanol–water partition coefficient (Wildman–Crippen LogP) is 3.80. The number of aliphatic carboxylic acids is 1. The Bertz CT molecular complexity index is 756. The largest absolute Gasteiger partial charge is 0.481 e. The Kier molecular flexibility index (Phi) is 4.84. The minimum atomic E-state index is -1.04. The average Bonchev–Trinajstić information content (AvgIpc) is 3.05. The Morgan fingerprint density at radius 1 is 1.28 bits per heavy atom. The quantitative estimate of drug-likeness (QED) is 0.721. The first-order chi connectivity index (χ1) is 11.8. The smallest absolute Gasteiger partial charge is 0.306 e. The van der Waals surface area contributed by atoms with Crippen LogP contribution in [0.1, 0.15) is 43.2 Å². The Labute approximate surface area is 151 Å². The van der Waals surface area contributed by atoms with Gasteiger partial charge in [-0.2, -0.15) is 0 Å². The summed E-state index contributed by atoms with van der Waals surface area (Å²) in [6.45, 7) is 3.80. The number of aliphatic hydroxyl groups is 1. The zero-order valence-electron chi connectivity index (χ0n) is 14.5. The molecule has 0 saturated heterocycles. The molecule has 3 rings (SSSR count). The summed E-state index contributed by atoms with van der Waals surface area (Å²) in [5, 5.41) is 20.9. The number of carboxylic acids is 1. The highest BCUT2D eigenvalue weighted by molar-refractivity contribution is 7.15. The molecular weight excluding hydrogens is 336 g/mol. The standard InChI is InChI=1S/C19H24N2O3S/c1-11-7-13(9-15(20)8-11)16-10-21-18(25-16)19(2,24)14-5-3-12(4-6-14)17(22)23/h7-10,12,14,24H,3-6,20H2,1-2H3,(H,22,23). The number of nitrogen functional groups attached to an aromatic ring is 1. The van der Waals surface area contributed by atoms with Crippen LogP contribution in [0.2, 0.25) is 0 Å². The van der Waals surface area contributed by atoms with Crippen molar-refractivity contribution in [2.24, 2.45) is 11.8 Å². The number of carbonyl (C=O) groups is 1. The summed E-state index contributed by atoms with van der Waals surface area (Å²) in [5.41, 5.74) is 7.70. The number of nitrogens with two attached hydrogens (primary N) is 1. The van der Waals surface area contributed by atoms with Gasteiger partial charge in [-0.25, -0.2) is 4.98 Å². The van der Waals surface area contributed by atoms with E-state index in [-0.39, 0.29) is 11.8 Å². The molecule has 1 aliphatic rings. The van der Waals surface area contributed by atoms with Gasteiger partial charge in [-0.15, -0.1) is 11.3 Å². The van der Waals surface area contributed by atoms with Gasteiger partial charge in [-0.1, -0.05) is 6.07 Å². The Morgan fingerprint density at radius 3 is 2.56 bits per heavy atom. The third-order valence-electron chi connectivity index (χ3n) is 5.19. The molecule has 1 atom stereocenters. The molecule has 1 aliphatic carbocycles. The van der Waals surface area contributed by atoms with E-state index in [1.165, 1.54) is 11.3 Å². The van der Waals surface area contributed by atoms with Crippen LogP contribution in [0.4, 0.5) is 5.69 Å². The van der Waals surface area contributed by atoms with Gasteiger partial charge in [0, 0.05) is 11.9 Å². The van der Waals surface area contributed by atoms with Crippen molar-refractivity contribution < 1.29 is 15.0 Å². The highest BCUT2D eigenvalue weighted by Crippen LogP contribution is 2.43. The minimum absolute atomic E-state index is 0.0321. The lowest BCUT2D eigenvalue weighted by molar-refractivity contribution is -0.144. The second-order valence-electron chi connectivity index (χ2n) is 7.20. The molecular formula is C19H24N2O3S. The van der Waals surface area contributed by atoms with E-state index < -0.39 is 11.6 Å². The molecule has 1 saturated carbocycles. The molecule has 0 aliphatic heterocycles. The normalized spacial score (nSPS) is 23.2. The van der Waals surface area contributed by atoms with E-state index in [2.05, 4.69) is 11.1 Å². The van der Waals surface area contributed by atoms with E-state index in [4.69, 9.17) is 10.8 Å². The Hall–Kier alpha value is -1.92. The van der Waals surface area contributed by atoms with Gasteiger partial charge in [-0.3, -0.25) is 4.79 Å². The highest BCUT2D eigenvalue weighted by Gasteiger charge is 2.40. The number of nitrogens with zero attached hydrogens (tertiary/aromatic N) is 1. The monoisotopic (exact) mass is 360 g/mol. The molecule has 0 bridgehead atoms. The van der Waals surface area contributed by atoms with Gasteiger partial charge in [0.05, 0.1) is 10.8 Å². The van der Waals surface area contributed by atoms with Crippen LogP contribution in [0, 0.1) is 18.8 Å². The van der Waals surface area contributed by atoms with E-state index in [1.807, 2.05) is 19.1 Å². The fourth-order valence-corrected chi connectivity index (χ4v) is 4.70. The summed E-state index contributed by atoms with van der Waals surface area (Å²) in [6, 6.07) is 5.89. The van der Waals surface area contributed by atoms with Crippen molar-refractivity contribution in [1.29, 1.82) is 0 Å². The third-order valence-corrected chi connectivity index (χ3v) is 6.47. The lowest BCUT2D eigenvalue weighted by atomic mass is 9.74. The summed E-state index contributed by atoms with van der Waals surface area (Å²) in [7, 11) is 0. The highest BCUT2D eigenvalue weighted by atomic mass is 32.1. The molecule has 25 heavy (non-hydrogen) atoms. The van der Waals surface area contributed by atoms with E-state index >= 15 is 0 Å². The van der Waals surface area contributed by atoms with E-state index in [1.54, 1.807) is 13.1 Å². The van der Waals surface area contributed by atoms with Crippen molar-refractivity contribution in [3.8, 4) is 10.4 Å². The molecule has 0 amide bonds. The molecule has 5 nitrogen and oxygen atoms in total. The molecule has 1 fully saturated rings. The van der Waals surface area contributed by atoms with Gasteiger partial charge in [0.1, 0.15) is 10.6 Å². The van der Waals surface area contributed by atoms with Crippen molar-refractivity contribution in [2.75, 3.05) is 5.73 Å². The molecule has 1 unspecified atom stereocenters. The molecule has 6 heteroatoms. The summed E-state index contributed by atoms with van der Waals surface area (Å²) in [5.74, 6) is -0.981. The number of aryl methyl sites for hydroxylation is 1. The zero-order valence-corrected chi connectivity index (χ0v) is 15.3. The van der Waals surface area contributed by atoms with E-state index in [0.29, 0.717) is 36.4 Å². The van der Waals surface area contributed by atoms with Gasteiger partial charge in [-0.05, 0) is 68.7 Å². The molecule has 0 spiro atoms. The molecule has 4 N–H and O–H groups in total. The van der Waals surface area contributed by atoms with Crippen molar-refractivity contribution in [3.05, 3.63) is 35.0 Å². The lowest BCUT2D eigenvalue weighted by Gasteiger charge is -2.35. The van der Waals surface area contributed by atoms with Gasteiger partial charge in [0.15, 0.2) is 0 Å². The van der Waals surface area contributed by atoms with Crippen LogP contribution in [0.5, 0.6) is 0 Å². The average molecular weight is 360 g/mol. The van der Waals surface area contributed by atoms with Crippen LogP contribution >= 0.6 is 11.3 Å². The number of carboxylic acid groups (broad SMARTS) is 1. The van der Waals surface area contributed by atoms with Crippen molar-refractivity contribution in [3.63, 3.8) is 0 Å². The van der Waals surface area contributed by atoms with Gasteiger partial charge in [0.25, 0.3) is 0 Å². The van der Waals surface area contributed by atoms with Crippen molar-refractivity contribution in [2.45, 2.75) is 45.1 Å². The van der Waals surface area contributed by atoms with Gasteiger partial charge in [0.2, 0.25) is 0 Å². The Morgan fingerprint density at radius 2 is 1.96 bits per heavy atom. The Balaban J connectivity index is 1.80. The molecule has 1 aromatic carbocycles. The number of aromatic nitrogens is 1. The number of anilines is 1. The molecule has 1 heterocycles. The van der Waals surface area contributed by atoms with Crippen LogP contribution in [0.25, 0.3) is 10.4 Å². The second kappa shape index (κ2) is 6.77. The predicted molar refractivity (Wildman–Crippen MR) is 99.4 cm³/mol. The van der Waals surface area contributed by atoms with Gasteiger partial charge < -0.3 is 15.9 Å². The maximum atomic E-state index is 11.1. The topological polar surface area (TPSA) is 96.4 Å². The summed E-state index contributed by atoms with van der Waals surface area (Å²) >= 11 is 1.48. The number of hydrogen-bond donors (Lipinski definition) is 3. The van der Waals surface area contributed by atoms with Crippen LogP contribution in [-0.4, -0.2) is 21.2 Å². The fourth-order valence-electron chi connectivity index (χ4n) is 3.67. The van der Waals surface area contributed by atoms with Crippen LogP contribution in [-0.2, 0) is 10.4 Å². The summed E-state index contributed by atoms with van der Waals surface area (Å²) < 4.78 is 0. The first-order valence-corrected chi connectivity index (χ1v) is 9.38. The van der Waals surface area contributed by atoms with Crippen LogP contribution in [0.3, 0.4) is 0 Å². The third kappa shape index (κ3) is 3.70. The fraction of sp³-hybridized carbons (Fsp3) is 0.474. The molecule has 2 aromatic rings. The van der Waals surface area contributed by atoms with E-state index in [9.17, 15) is 9.90 Å². The van der Waals surface area contributed by atoms with Gasteiger partial charge >= 0.3 is 5.97 Å². The molecule has 1 aromatic heterocycles. The zero-order chi connectivity index (χ0) is 18.2. The SMILES string of the molecule is Cc1cc(N)cc(-c2cnc(C(C)(O)C3CCC(C(=O)O)CC3)s2)c1. The van der Waals surface area contributed by atoms with Crippen molar-refractivity contribution in [1.82, 2.24) is 4.98 Å². The molecule has 0 radical (unpaired) electrons. The minimum Gasteiger partial charge on any atom is -0.481 e.